The van der Waals surface area contributed by atoms with Crippen molar-refractivity contribution < 1.29 is 0 Å². The van der Waals surface area contributed by atoms with Crippen LogP contribution in [0.25, 0.3) is 0 Å². The van der Waals surface area contributed by atoms with Gasteiger partial charge in [-0.25, -0.2) is 0 Å². The quantitative estimate of drug-likeness (QED) is 0.728. The first-order chi connectivity index (χ1) is 8.92. The molecule has 0 aliphatic heterocycles. The smallest absolute Gasteiger partial charge is 0.0158 e. The number of rotatable bonds is 4. The molecule has 0 amide bonds. The van der Waals surface area contributed by atoms with Crippen molar-refractivity contribution in [2.45, 2.75) is 103 Å². The molecule has 0 aromatic rings. The minimum absolute atomic E-state index is 0.307. The third-order valence-electron chi connectivity index (χ3n) is 5.90. The van der Waals surface area contributed by atoms with Gasteiger partial charge in [0.15, 0.2) is 0 Å². The summed E-state index contributed by atoms with van der Waals surface area (Å²) in [5, 5.41) is 4.07. The van der Waals surface area contributed by atoms with E-state index in [0.717, 1.165) is 11.8 Å². The average Bonchev–Trinajstić information content (AvgIpc) is 2.40. The van der Waals surface area contributed by atoms with E-state index in [2.05, 4.69) is 33.0 Å². The second-order valence-electron chi connectivity index (χ2n) is 8.24. The van der Waals surface area contributed by atoms with Crippen molar-refractivity contribution in [1.29, 1.82) is 0 Å². The van der Waals surface area contributed by atoms with Gasteiger partial charge >= 0.3 is 0 Å². The van der Waals surface area contributed by atoms with E-state index < -0.39 is 0 Å². The first kappa shape index (κ1) is 15.4. The lowest BCUT2D eigenvalue weighted by molar-refractivity contribution is 0.102. The van der Waals surface area contributed by atoms with Crippen molar-refractivity contribution in [3.8, 4) is 0 Å². The van der Waals surface area contributed by atoms with Crippen LogP contribution >= 0.6 is 0 Å². The van der Waals surface area contributed by atoms with E-state index in [0.29, 0.717) is 11.1 Å². The van der Waals surface area contributed by atoms with Crippen molar-refractivity contribution >= 4 is 0 Å². The van der Waals surface area contributed by atoms with Gasteiger partial charge < -0.3 is 5.32 Å². The highest BCUT2D eigenvalue weighted by atomic mass is 15.0. The lowest BCUT2D eigenvalue weighted by Gasteiger charge is -2.47. The molecule has 2 aliphatic rings. The molecule has 0 atom stereocenters. The molecule has 2 aliphatic carbocycles. The Kier molecular flexibility index (Phi) is 4.98. The first-order valence-electron chi connectivity index (χ1n) is 8.71. The van der Waals surface area contributed by atoms with Crippen LogP contribution in [0.1, 0.15) is 91.9 Å². The highest BCUT2D eigenvalue weighted by Gasteiger charge is 2.38. The van der Waals surface area contributed by atoms with Crippen LogP contribution in [0.4, 0.5) is 0 Å². The first-order valence-corrected chi connectivity index (χ1v) is 8.71. The van der Waals surface area contributed by atoms with Gasteiger partial charge in [0.05, 0.1) is 0 Å². The Labute approximate surface area is 120 Å². The molecule has 0 unspecified atom stereocenters. The maximum absolute atomic E-state index is 4.07. The van der Waals surface area contributed by atoms with Crippen molar-refractivity contribution in [2.24, 2.45) is 11.8 Å². The highest BCUT2D eigenvalue weighted by molar-refractivity contribution is 4.97. The topological polar surface area (TPSA) is 12.0 Å². The molecule has 1 heteroatoms. The molecule has 2 saturated carbocycles. The molecule has 1 N–H and O–H groups in total. The van der Waals surface area contributed by atoms with Crippen LogP contribution in [0.5, 0.6) is 0 Å². The molecule has 112 valence electrons. The Bertz CT molecular complexity index is 239. The van der Waals surface area contributed by atoms with Crippen molar-refractivity contribution in [2.75, 3.05) is 0 Å². The second-order valence-corrected chi connectivity index (χ2v) is 8.24. The Balaban J connectivity index is 1.96. The molecule has 19 heavy (non-hydrogen) atoms. The Morgan fingerprint density at radius 2 is 0.895 bits per heavy atom. The fourth-order valence-corrected chi connectivity index (χ4v) is 4.68. The van der Waals surface area contributed by atoms with Crippen LogP contribution in [0, 0.1) is 11.8 Å². The predicted octanol–water partition coefficient (Wildman–Crippen LogP) is 5.29. The monoisotopic (exact) mass is 265 g/mol. The summed E-state index contributed by atoms with van der Waals surface area (Å²) in [5.41, 5.74) is 0.614. The largest absolute Gasteiger partial charge is 0.306 e. The van der Waals surface area contributed by atoms with E-state index in [-0.39, 0.29) is 0 Å². The van der Waals surface area contributed by atoms with Crippen molar-refractivity contribution in [3.63, 3.8) is 0 Å². The lowest BCUT2D eigenvalue weighted by atomic mass is 9.72. The van der Waals surface area contributed by atoms with Crippen LogP contribution in [0.15, 0.2) is 0 Å². The number of hydrogen-bond donors (Lipinski definition) is 1. The van der Waals surface area contributed by atoms with E-state index in [1.54, 1.807) is 0 Å². The average molecular weight is 265 g/mol. The summed E-state index contributed by atoms with van der Waals surface area (Å²) in [6.45, 7) is 9.81. The minimum atomic E-state index is 0.307. The maximum Gasteiger partial charge on any atom is 0.0158 e. The summed E-state index contributed by atoms with van der Waals surface area (Å²) in [6, 6.07) is 0. The van der Waals surface area contributed by atoms with Gasteiger partial charge in [-0.2, -0.15) is 0 Å². The number of hydrogen-bond acceptors (Lipinski definition) is 1. The zero-order chi connectivity index (χ0) is 13.9. The molecular formula is C18H35N. The number of nitrogens with one attached hydrogen (secondary N) is 1. The molecule has 0 aromatic heterocycles. The fraction of sp³-hybridized carbons (Fsp3) is 1.00. The van der Waals surface area contributed by atoms with Crippen molar-refractivity contribution in [1.82, 2.24) is 5.32 Å². The molecule has 1 nitrogen and oxygen atoms in total. The molecule has 0 aromatic carbocycles. The Morgan fingerprint density at radius 3 is 1.21 bits per heavy atom. The Hall–Kier alpha value is -0.0400. The van der Waals surface area contributed by atoms with Gasteiger partial charge in [0.25, 0.3) is 0 Å². The van der Waals surface area contributed by atoms with Gasteiger partial charge in [0, 0.05) is 11.1 Å². The fourth-order valence-electron chi connectivity index (χ4n) is 4.68. The summed E-state index contributed by atoms with van der Waals surface area (Å²) in [5.74, 6) is 1.76. The van der Waals surface area contributed by atoms with E-state index in [9.17, 15) is 0 Å². The van der Waals surface area contributed by atoms with Crippen LogP contribution in [-0.2, 0) is 0 Å². The molecule has 2 fully saturated rings. The third-order valence-corrected chi connectivity index (χ3v) is 5.90. The SMILES string of the molecule is CC(C)(NC(C)(C)C1CCCCC1)C1CCCCC1. The zero-order valence-electron chi connectivity index (χ0n) is 13.7. The van der Waals surface area contributed by atoms with E-state index in [1.807, 2.05) is 0 Å². The normalized spacial score (nSPS) is 24.6. The van der Waals surface area contributed by atoms with Crippen LogP contribution in [0.3, 0.4) is 0 Å². The maximum atomic E-state index is 4.07. The molecule has 0 bridgehead atoms. The molecule has 0 heterocycles. The summed E-state index contributed by atoms with van der Waals surface area (Å²) in [7, 11) is 0. The van der Waals surface area contributed by atoms with Gasteiger partial charge in [-0.05, 0) is 65.2 Å². The highest BCUT2D eigenvalue weighted by Crippen LogP contribution is 2.37. The zero-order valence-corrected chi connectivity index (χ0v) is 13.7. The Morgan fingerprint density at radius 1 is 0.579 bits per heavy atom. The van der Waals surface area contributed by atoms with Gasteiger partial charge in [0.2, 0.25) is 0 Å². The van der Waals surface area contributed by atoms with Crippen molar-refractivity contribution in [3.05, 3.63) is 0 Å². The standard InChI is InChI=1S/C18H35N/c1-17(2,15-11-7-5-8-12-15)19-18(3,4)16-13-9-6-10-14-16/h15-16,19H,5-14H2,1-4H3. The third kappa shape index (κ3) is 3.97. The van der Waals surface area contributed by atoms with E-state index >= 15 is 0 Å². The van der Waals surface area contributed by atoms with Crippen LogP contribution < -0.4 is 5.32 Å². The summed E-state index contributed by atoms with van der Waals surface area (Å²) >= 11 is 0. The molecular weight excluding hydrogens is 230 g/mol. The van der Waals surface area contributed by atoms with Crippen LogP contribution in [-0.4, -0.2) is 11.1 Å². The van der Waals surface area contributed by atoms with Crippen LogP contribution in [0.2, 0.25) is 0 Å². The van der Waals surface area contributed by atoms with Gasteiger partial charge in [-0.3, -0.25) is 0 Å². The molecule has 0 saturated heterocycles. The van der Waals surface area contributed by atoms with E-state index in [1.165, 1.54) is 64.2 Å². The van der Waals surface area contributed by atoms with Gasteiger partial charge in [-0.15, -0.1) is 0 Å². The minimum Gasteiger partial charge on any atom is -0.306 e. The summed E-state index contributed by atoms with van der Waals surface area (Å²) in [4.78, 5) is 0. The molecule has 0 radical (unpaired) electrons. The second kappa shape index (κ2) is 6.16. The molecule has 0 spiro atoms. The molecule has 2 rings (SSSR count). The summed E-state index contributed by atoms with van der Waals surface area (Å²) < 4.78 is 0. The van der Waals surface area contributed by atoms with Gasteiger partial charge in [0.1, 0.15) is 0 Å². The predicted molar refractivity (Wildman–Crippen MR) is 84.4 cm³/mol. The lowest BCUT2D eigenvalue weighted by Crippen LogP contribution is -2.59. The van der Waals surface area contributed by atoms with Gasteiger partial charge in [-0.1, -0.05) is 38.5 Å². The van der Waals surface area contributed by atoms with E-state index in [4.69, 9.17) is 0 Å². The summed E-state index contributed by atoms with van der Waals surface area (Å²) in [6.07, 6.45) is 14.4.